The molecule has 172 valence electrons. The van der Waals surface area contributed by atoms with E-state index < -0.39 is 21.8 Å². The molecule has 1 aliphatic heterocycles. The molecule has 0 aromatic carbocycles. The molecule has 1 N–H and O–H groups in total. The minimum absolute atomic E-state index is 0.0626. The van der Waals surface area contributed by atoms with E-state index in [1.165, 1.54) is 21.4 Å². The summed E-state index contributed by atoms with van der Waals surface area (Å²) in [6, 6.07) is 1.37. The first-order valence-corrected chi connectivity index (χ1v) is 11.9. The molecule has 3 aromatic heterocycles. The van der Waals surface area contributed by atoms with Gasteiger partial charge in [0.1, 0.15) is 10.5 Å². The van der Waals surface area contributed by atoms with Crippen molar-refractivity contribution in [3.63, 3.8) is 0 Å². The molecule has 0 amide bonds. The first-order chi connectivity index (χ1) is 15.0. The van der Waals surface area contributed by atoms with Crippen LogP contribution >= 0.6 is 11.5 Å². The number of halogens is 3. The van der Waals surface area contributed by atoms with Gasteiger partial charge in [-0.3, -0.25) is 4.68 Å². The van der Waals surface area contributed by atoms with Crippen molar-refractivity contribution >= 4 is 27.5 Å². The van der Waals surface area contributed by atoms with E-state index in [0.29, 0.717) is 23.4 Å². The minimum Gasteiger partial charge on any atom is -0.351 e. The van der Waals surface area contributed by atoms with Gasteiger partial charge in [0.2, 0.25) is 16.0 Å². The highest BCUT2D eigenvalue weighted by molar-refractivity contribution is 7.89. The van der Waals surface area contributed by atoms with Gasteiger partial charge in [-0.25, -0.2) is 18.4 Å². The largest absolute Gasteiger partial charge is 0.420 e. The molecule has 14 heteroatoms. The van der Waals surface area contributed by atoms with Gasteiger partial charge in [0, 0.05) is 38.6 Å². The Morgan fingerprint density at radius 3 is 2.50 bits per heavy atom. The molecule has 1 fully saturated rings. The van der Waals surface area contributed by atoms with E-state index in [1.807, 2.05) is 0 Å². The van der Waals surface area contributed by atoms with E-state index in [2.05, 4.69) is 24.8 Å². The highest BCUT2D eigenvalue weighted by atomic mass is 32.2. The van der Waals surface area contributed by atoms with Gasteiger partial charge in [-0.15, -0.1) is 0 Å². The molecule has 1 aliphatic rings. The molecule has 9 nitrogen and oxygen atoms in total. The van der Waals surface area contributed by atoms with Crippen molar-refractivity contribution in [3.8, 4) is 10.6 Å². The standard InChI is InChI=1S/C18H20F3N7O2S2/c1-11-7-15(31-26-11)16-14(18(19,20)21)9-22-17(25-16)24-12-3-5-28(6-4-12)32(29,30)13-8-23-27(2)10-13/h7-10,12H,3-6H2,1-2H3,(H,22,24,25). The van der Waals surface area contributed by atoms with Gasteiger partial charge >= 0.3 is 6.18 Å². The zero-order valence-electron chi connectivity index (χ0n) is 17.2. The normalized spacial score (nSPS) is 16.4. The number of nitrogens with one attached hydrogen (secondary N) is 1. The van der Waals surface area contributed by atoms with Crippen LogP contribution < -0.4 is 5.32 Å². The lowest BCUT2D eigenvalue weighted by Crippen LogP contribution is -2.42. The third-order valence-electron chi connectivity index (χ3n) is 5.06. The number of aromatic nitrogens is 5. The summed E-state index contributed by atoms with van der Waals surface area (Å²) in [5, 5.41) is 6.95. The maximum atomic E-state index is 13.4. The van der Waals surface area contributed by atoms with E-state index in [4.69, 9.17) is 0 Å². The predicted molar refractivity (Wildman–Crippen MR) is 111 cm³/mol. The zero-order valence-corrected chi connectivity index (χ0v) is 18.8. The average Bonchev–Trinajstić information content (AvgIpc) is 3.36. The Hall–Kier alpha value is -2.58. The average molecular weight is 488 g/mol. The fourth-order valence-electron chi connectivity index (χ4n) is 3.43. The SMILES string of the molecule is Cc1cc(-c2nc(NC3CCN(S(=O)(=O)c4cnn(C)c4)CC3)ncc2C(F)(F)F)sn1. The summed E-state index contributed by atoms with van der Waals surface area (Å²) in [6.45, 7) is 2.22. The van der Waals surface area contributed by atoms with Crippen LogP contribution in [-0.4, -0.2) is 56.0 Å². The third kappa shape index (κ3) is 4.61. The lowest BCUT2D eigenvalue weighted by Gasteiger charge is -2.31. The molecule has 0 saturated carbocycles. The van der Waals surface area contributed by atoms with Gasteiger partial charge in [-0.05, 0) is 37.4 Å². The fraction of sp³-hybridized carbons (Fsp3) is 0.444. The van der Waals surface area contributed by atoms with Crippen molar-refractivity contribution in [2.45, 2.75) is 36.9 Å². The van der Waals surface area contributed by atoms with E-state index in [1.54, 1.807) is 20.0 Å². The third-order valence-corrected chi connectivity index (χ3v) is 7.80. The first-order valence-electron chi connectivity index (χ1n) is 9.67. The quantitative estimate of drug-likeness (QED) is 0.590. The van der Waals surface area contributed by atoms with Gasteiger partial charge in [-0.2, -0.15) is 26.9 Å². The van der Waals surface area contributed by atoms with Crippen LogP contribution in [0.2, 0.25) is 0 Å². The van der Waals surface area contributed by atoms with Crippen molar-refractivity contribution in [1.29, 1.82) is 0 Å². The van der Waals surface area contributed by atoms with E-state index in [-0.39, 0.29) is 35.7 Å². The number of rotatable bonds is 5. The van der Waals surface area contributed by atoms with Crippen molar-refractivity contribution in [3.05, 3.63) is 35.9 Å². The second kappa shape index (κ2) is 8.41. The Labute approximate surface area is 186 Å². The maximum Gasteiger partial charge on any atom is 0.420 e. The fourth-order valence-corrected chi connectivity index (χ4v) is 5.64. The molecule has 32 heavy (non-hydrogen) atoms. The lowest BCUT2D eigenvalue weighted by atomic mass is 10.1. The molecule has 4 heterocycles. The van der Waals surface area contributed by atoms with Crippen molar-refractivity contribution in [2.24, 2.45) is 7.05 Å². The zero-order chi connectivity index (χ0) is 23.1. The van der Waals surface area contributed by atoms with Crippen LogP contribution in [0.15, 0.2) is 29.6 Å². The number of aryl methyl sites for hydroxylation is 2. The Balaban J connectivity index is 1.48. The molecule has 0 aliphatic carbocycles. The molecule has 0 unspecified atom stereocenters. The van der Waals surface area contributed by atoms with E-state index in [0.717, 1.165) is 17.7 Å². The Morgan fingerprint density at radius 2 is 1.94 bits per heavy atom. The van der Waals surface area contributed by atoms with Gasteiger partial charge in [0.15, 0.2) is 0 Å². The van der Waals surface area contributed by atoms with Crippen LogP contribution in [0, 0.1) is 6.92 Å². The lowest BCUT2D eigenvalue weighted by molar-refractivity contribution is -0.137. The smallest absolute Gasteiger partial charge is 0.351 e. The number of alkyl halides is 3. The van der Waals surface area contributed by atoms with Crippen molar-refractivity contribution in [2.75, 3.05) is 18.4 Å². The van der Waals surface area contributed by atoms with Crippen molar-refractivity contribution in [1.82, 2.24) is 28.4 Å². The van der Waals surface area contributed by atoms with Gasteiger partial charge in [0.05, 0.1) is 22.5 Å². The summed E-state index contributed by atoms with van der Waals surface area (Å²) in [5.41, 5.74) is -0.547. The van der Waals surface area contributed by atoms with E-state index in [9.17, 15) is 21.6 Å². The van der Waals surface area contributed by atoms with Gasteiger partial charge < -0.3 is 5.32 Å². The summed E-state index contributed by atoms with van der Waals surface area (Å²) in [4.78, 5) is 8.40. The Morgan fingerprint density at radius 1 is 1.22 bits per heavy atom. The second-order valence-electron chi connectivity index (χ2n) is 7.46. The van der Waals surface area contributed by atoms with Crippen LogP contribution in [0.3, 0.4) is 0 Å². The molecular formula is C18H20F3N7O2S2. The van der Waals surface area contributed by atoms with Crippen LogP contribution in [0.1, 0.15) is 24.1 Å². The Kier molecular flexibility index (Phi) is 5.94. The number of anilines is 1. The molecule has 1 saturated heterocycles. The van der Waals surface area contributed by atoms with Crippen molar-refractivity contribution < 1.29 is 21.6 Å². The highest BCUT2D eigenvalue weighted by Crippen LogP contribution is 2.37. The van der Waals surface area contributed by atoms with Gasteiger partial charge in [-0.1, -0.05) is 0 Å². The number of sulfonamides is 1. The van der Waals surface area contributed by atoms with Gasteiger partial charge in [0.25, 0.3) is 0 Å². The molecular weight excluding hydrogens is 467 g/mol. The topological polar surface area (TPSA) is 106 Å². The summed E-state index contributed by atoms with van der Waals surface area (Å²) in [5.74, 6) is 0.0626. The molecule has 3 aromatic rings. The number of piperidine rings is 1. The molecule has 0 atom stereocenters. The van der Waals surface area contributed by atoms with Crippen LogP contribution in [-0.2, 0) is 23.2 Å². The highest BCUT2D eigenvalue weighted by Gasteiger charge is 2.36. The minimum atomic E-state index is -4.60. The second-order valence-corrected chi connectivity index (χ2v) is 10.2. The number of hydrogen-bond donors (Lipinski definition) is 1. The van der Waals surface area contributed by atoms with E-state index >= 15 is 0 Å². The molecule has 0 bridgehead atoms. The number of nitrogens with zero attached hydrogens (tertiary/aromatic N) is 6. The van der Waals surface area contributed by atoms with Crippen LogP contribution in [0.4, 0.5) is 19.1 Å². The summed E-state index contributed by atoms with van der Waals surface area (Å²) in [6.07, 6.45) is -0.173. The monoisotopic (exact) mass is 487 g/mol. The summed E-state index contributed by atoms with van der Waals surface area (Å²) >= 11 is 0.942. The van der Waals surface area contributed by atoms with Crippen LogP contribution in [0.25, 0.3) is 10.6 Å². The summed E-state index contributed by atoms with van der Waals surface area (Å²) in [7, 11) is -2.00. The molecule has 0 radical (unpaired) electrons. The summed E-state index contributed by atoms with van der Waals surface area (Å²) < 4.78 is 72.6. The maximum absolute atomic E-state index is 13.4. The molecule has 4 rings (SSSR count). The number of hydrogen-bond acceptors (Lipinski definition) is 8. The van der Waals surface area contributed by atoms with Crippen LogP contribution in [0.5, 0.6) is 0 Å². The molecule has 0 spiro atoms. The predicted octanol–water partition coefficient (Wildman–Crippen LogP) is 2.93. The Bertz CT molecular complexity index is 1220. The first kappa shape index (κ1) is 22.6.